The van der Waals surface area contributed by atoms with E-state index < -0.39 is 0 Å². The molecule has 4 aromatic rings. The van der Waals surface area contributed by atoms with E-state index in [0.717, 1.165) is 53.2 Å². The molecule has 2 amide bonds. The number of benzene rings is 2. The van der Waals surface area contributed by atoms with Crippen LogP contribution in [0, 0.1) is 6.92 Å². The monoisotopic (exact) mass is 488 g/mol. The van der Waals surface area contributed by atoms with E-state index in [0.29, 0.717) is 22.8 Å². The number of aromatic amines is 1. The van der Waals surface area contributed by atoms with Gasteiger partial charge in [0.15, 0.2) is 5.82 Å². The zero-order valence-electron chi connectivity index (χ0n) is 19.8. The van der Waals surface area contributed by atoms with Crippen LogP contribution >= 0.6 is 11.3 Å². The van der Waals surface area contributed by atoms with Crippen molar-refractivity contribution < 1.29 is 9.59 Å². The number of fused-ring (bicyclic) bond motifs is 1. The smallest absolute Gasteiger partial charge is 0.261 e. The first-order chi connectivity index (χ1) is 17.0. The Hall–Kier alpha value is -3.69. The number of hydrogen-bond donors (Lipinski definition) is 3. The summed E-state index contributed by atoms with van der Waals surface area (Å²) in [6, 6.07) is 17.5. The van der Waals surface area contributed by atoms with Gasteiger partial charge >= 0.3 is 0 Å². The lowest BCUT2D eigenvalue weighted by Crippen LogP contribution is -2.44. The van der Waals surface area contributed by atoms with E-state index in [1.165, 1.54) is 11.3 Å². The minimum absolute atomic E-state index is 0.155. The molecule has 8 nitrogen and oxygen atoms in total. The summed E-state index contributed by atoms with van der Waals surface area (Å²) in [6.45, 7) is 6.50. The number of aromatic nitrogens is 2. The van der Waals surface area contributed by atoms with Gasteiger partial charge < -0.3 is 20.4 Å². The third-order valence-electron chi connectivity index (χ3n) is 6.25. The van der Waals surface area contributed by atoms with Crippen molar-refractivity contribution in [2.75, 3.05) is 43.4 Å². The number of nitrogens with zero attached hydrogens (tertiary/aromatic N) is 3. The molecule has 0 bridgehead atoms. The van der Waals surface area contributed by atoms with Gasteiger partial charge in [0.1, 0.15) is 4.83 Å². The minimum atomic E-state index is -0.236. The maximum absolute atomic E-state index is 12.9. The lowest BCUT2D eigenvalue weighted by atomic mass is 10.1. The summed E-state index contributed by atoms with van der Waals surface area (Å²) in [4.78, 5) is 31.5. The first-order valence-electron chi connectivity index (χ1n) is 11.6. The third-order valence-corrected chi connectivity index (χ3v) is 7.28. The van der Waals surface area contributed by atoms with E-state index in [4.69, 9.17) is 0 Å². The second-order valence-corrected chi connectivity index (χ2v) is 9.94. The van der Waals surface area contributed by atoms with Gasteiger partial charge in [-0.15, -0.1) is 11.3 Å². The van der Waals surface area contributed by atoms with Gasteiger partial charge in [-0.25, -0.2) is 0 Å². The lowest BCUT2D eigenvalue weighted by molar-refractivity contribution is 0.0954. The number of H-pyrrole nitrogens is 1. The second kappa shape index (κ2) is 9.89. The Labute approximate surface area is 207 Å². The number of anilines is 2. The van der Waals surface area contributed by atoms with E-state index in [9.17, 15) is 9.59 Å². The number of carbonyl (C=O) groups excluding carboxylic acids is 2. The van der Waals surface area contributed by atoms with E-state index >= 15 is 0 Å². The molecule has 5 rings (SSSR count). The summed E-state index contributed by atoms with van der Waals surface area (Å²) in [5.74, 6) is 0.0278. The number of hydrogen-bond acceptors (Lipinski definition) is 6. The van der Waals surface area contributed by atoms with Crippen molar-refractivity contribution in [1.29, 1.82) is 0 Å². The van der Waals surface area contributed by atoms with Crippen molar-refractivity contribution >= 4 is 44.9 Å². The molecular formula is C26H28N6O2S. The van der Waals surface area contributed by atoms with Crippen LogP contribution < -0.4 is 15.5 Å². The summed E-state index contributed by atoms with van der Waals surface area (Å²) in [5, 5.41) is 13.7. The van der Waals surface area contributed by atoms with Crippen LogP contribution in [0.4, 0.5) is 11.5 Å². The van der Waals surface area contributed by atoms with Crippen molar-refractivity contribution in [3.63, 3.8) is 0 Å². The molecule has 1 saturated heterocycles. The van der Waals surface area contributed by atoms with Crippen LogP contribution in [0.2, 0.25) is 0 Å². The Bertz CT molecular complexity index is 1350. The molecule has 35 heavy (non-hydrogen) atoms. The Morgan fingerprint density at radius 1 is 1.03 bits per heavy atom. The molecule has 0 unspecified atom stereocenters. The van der Waals surface area contributed by atoms with Crippen LogP contribution in [0.15, 0.2) is 54.6 Å². The number of piperazine rings is 1. The Morgan fingerprint density at radius 2 is 1.80 bits per heavy atom. The van der Waals surface area contributed by atoms with Gasteiger partial charge in [-0.2, -0.15) is 5.10 Å². The van der Waals surface area contributed by atoms with Crippen LogP contribution in [0.25, 0.3) is 10.2 Å². The van der Waals surface area contributed by atoms with E-state index in [1.807, 2.05) is 55.5 Å². The zero-order chi connectivity index (χ0) is 24.4. The Kier molecular flexibility index (Phi) is 6.52. The maximum atomic E-state index is 12.9. The highest BCUT2D eigenvalue weighted by atomic mass is 32.1. The van der Waals surface area contributed by atoms with E-state index in [-0.39, 0.29) is 11.8 Å². The summed E-state index contributed by atoms with van der Waals surface area (Å²) in [7, 11) is 2.13. The fraction of sp³-hybridized carbons (Fsp3) is 0.269. The molecule has 1 aliphatic heterocycles. The predicted molar refractivity (Wildman–Crippen MR) is 140 cm³/mol. The molecule has 0 aliphatic carbocycles. The predicted octanol–water partition coefficient (Wildman–Crippen LogP) is 3.87. The van der Waals surface area contributed by atoms with Gasteiger partial charge in [0.05, 0.1) is 10.3 Å². The number of carbonyl (C=O) groups is 2. The molecular weight excluding hydrogens is 460 g/mol. The second-order valence-electron chi connectivity index (χ2n) is 8.89. The van der Waals surface area contributed by atoms with Crippen LogP contribution in [0.5, 0.6) is 0 Å². The molecule has 2 aromatic heterocycles. The molecule has 0 spiro atoms. The zero-order valence-corrected chi connectivity index (χ0v) is 20.6. The van der Waals surface area contributed by atoms with Crippen molar-refractivity contribution in [3.8, 4) is 0 Å². The normalized spacial score (nSPS) is 14.3. The molecule has 0 radical (unpaired) electrons. The van der Waals surface area contributed by atoms with Gasteiger partial charge in [-0.3, -0.25) is 14.7 Å². The molecule has 1 aliphatic rings. The van der Waals surface area contributed by atoms with Crippen molar-refractivity contribution in [1.82, 2.24) is 20.4 Å². The standard InChI is InChI=1S/C26H28N6O2S/c1-17-4-3-5-18(14-17)16-27-25(34)22-15-21-23(29-30-26(21)35-22)28-24(33)19-6-8-20(9-7-19)32-12-10-31(2)11-13-32/h3-9,14-15H,10-13,16H2,1-2H3,(H,27,34)(H2,28,29,30,33). The van der Waals surface area contributed by atoms with Crippen LogP contribution in [0.3, 0.4) is 0 Å². The molecule has 0 atom stereocenters. The van der Waals surface area contributed by atoms with Crippen molar-refractivity contribution in [2.24, 2.45) is 0 Å². The van der Waals surface area contributed by atoms with Gasteiger partial charge in [-0.05, 0) is 49.9 Å². The van der Waals surface area contributed by atoms with Crippen molar-refractivity contribution in [2.45, 2.75) is 13.5 Å². The summed E-state index contributed by atoms with van der Waals surface area (Å²) in [6.07, 6.45) is 0. The SMILES string of the molecule is Cc1cccc(CNC(=O)c2cc3c(NC(=O)c4ccc(N5CCN(C)CC5)cc4)n[nH]c3s2)c1. The first-order valence-corrected chi connectivity index (χ1v) is 12.4. The fourth-order valence-corrected chi connectivity index (χ4v) is 5.10. The summed E-state index contributed by atoms with van der Waals surface area (Å²) in [5.41, 5.74) is 3.89. The summed E-state index contributed by atoms with van der Waals surface area (Å²) < 4.78 is 0. The third kappa shape index (κ3) is 5.21. The largest absolute Gasteiger partial charge is 0.369 e. The van der Waals surface area contributed by atoms with Gasteiger partial charge in [0.2, 0.25) is 0 Å². The number of thiophene rings is 1. The van der Waals surface area contributed by atoms with Crippen LogP contribution in [-0.2, 0) is 6.54 Å². The van der Waals surface area contributed by atoms with Gasteiger partial charge in [0.25, 0.3) is 11.8 Å². The van der Waals surface area contributed by atoms with Gasteiger partial charge in [-0.1, -0.05) is 29.8 Å². The number of likely N-dealkylation sites (N-methyl/N-ethyl adjacent to an activating group) is 1. The molecule has 3 N–H and O–H groups in total. The van der Waals surface area contributed by atoms with E-state index in [1.54, 1.807) is 6.07 Å². The summed E-state index contributed by atoms with van der Waals surface area (Å²) >= 11 is 1.31. The average Bonchev–Trinajstić information content (AvgIpc) is 3.45. The highest BCUT2D eigenvalue weighted by molar-refractivity contribution is 7.20. The highest BCUT2D eigenvalue weighted by Gasteiger charge is 2.18. The molecule has 2 aromatic carbocycles. The average molecular weight is 489 g/mol. The number of aryl methyl sites for hydroxylation is 1. The topological polar surface area (TPSA) is 93.4 Å². The molecule has 0 saturated carbocycles. The highest BCUT2D eigenvalue weighted by Crippen LogP contribution is 2.29. The Morgan fingerprint density at radius 3 is 2.54 bits per heavy atom. The molecule has 9 heteroatoms. The quantitative estimate of drug-likeness (QED) is 0.383. The van der Waals surface area contributed by atoms with E-state index in [2.05, 4.69) is 37.7 Å². The van der Waals surface area contributed by atoms with Crippen molar-refractivity contribution in [3.05, 3.63) is 76.2 Å². The maximum Gasteiger partial charge on any atom is 0.261 e. The molecule has 1 fully saturated rings. The molecule has 180 valence electrons. The number of rotatable bonds is 6. The first kappa shape index (κ1) is 23.1. The van der Waals surface area contributed by atoms with Crippen LogP contribution in [-0.4, -0.2) is 60.1 Å². The lowest BCUT2D eigenvalue weighted by Gasteiger charge is -2.34. The molecule has 3 heterocycles. The van der Waals surface area contributed by atoms with Gasteiger partial charge in [0, 0.05) is 44.0 Å². The van der Waals surface area contributed by atoms with Crippen LogP contribution in [0.1, 0.15) is 31.2 Å². The number of amides is 2. The minimum Gasteiger partial charge on any atom is -0.369 e. The fourth-order valence-electron chi connectivity index (χ4n) is 4.18. The number of nitrogens with one attached hydrogen (secondary N) is 3. The Balaban J connectivity index is 1.23.